The Bertz CT molecular complexity index is 556. The van der Waals surface area contributed by atoms with Crippen molar-refractivity contribution in [1.82, 2.24) is 20.0 Å². The third kappa shape index (κ3) is 7.03. The van der Waals surface area contributed by atoms with Crippen LogP contribution in [0, 0.1) is 0 Å². The summed E-state index contributed by atoms with van der Waals surface area (Å²) in [5, 5.41) is 7.92. The van der Waals surface area contributed by atoms with Gasteiger partial charge in [-0.15, -0.1) is 24.0 Å². The molecule has 26 heavy (non-hydrogen) atoms. The Morgan fingerprint density at radius 3 is 2.92 bits per heavy atom. The maximum Gasteiger partial charge on any atom is 0.193 e. The first kappa shape index (κ1) is 23.2. The second kappa shape index (κ2) is 11.8. The molecule has 0 aromatic carbocycles. The second-order valence-electron chi connectivity index (χ2n) is 6.91. The van der Waals surface area contributed by atoms with Crippen LogP contribution < -0.4 is 5.32 Å². The van der Waals surface area contributed by atoms with Gasteiger partial charge in [-0.25, -0.2) is 0 Å². The van der Waals surface area contributed by atoms with E-state index in [9.17, 15) is 0 Å². The molecule has 1 N–H and O–H groups in total. The highest BCUT2D eigenvalue weighted by Crippen LogP contribution is 2.18. The highest BCUT2D eigenvalue weighted by Gasteiger charge is 2.16. The number of aryl methyl sites for hydroxylation is 1. The van der Waals surface area contributed by atoms with Crippen LogP contribution in [0.5, 0.6) is 0 Å². The molecule has 1 unspecified atom stereocenters. The Morgan fingerprint density at radius 1 is 1.54 bits per heavy atom. The third-order valence-corrected chi connectivity index (χ3v) is 4.32. The first-order valence-corrected chi connectivity index (χ1v) is 9.14. The molecule has 0 saturated carbocycles. The van der Waals surface area contributed by atoms with Gasteiger partial charge < -0.3 is 19.7 Å². The molecule has 0 bridgehead atoms. The number of hydrogen-bond donors (Lipinski definition) is 1. The summed E-state index contributed by atoms with van der Waals surface area (Å²) in [5.41, 5.74) is 2.38. The highest BCUT2D eigenvalue weighted by atomic mass is 127. The molecule has 2 heterocycles. The van der Waals surface area contributed by atoms with Crippen LogP contribution in [0.25, 0.3) is 0 Å². The van der Waals surface area contributed by atoms with Gasteiger partial charge in [0.2, 0.25) is 0 Å². The predicted molar refractivity (Wildman–Crippen MR) is 115 cm³/mol. The molecule has 1 aliphatic heterocycles. The van der Waals surface area contributed by atoms with Gasteiger partial charge in [0.05, 0.1) is 25.0 Å². The number of rotatable bonds is 8. The lowest BCUT2D eigenvalue weighted by Gasteiger charge is -2.22. The van der Waals surface area contributed by atoms with Crippen molar-refractivity contribution in [3.05, 3.63) is 17.5 Å². The Hall–Kier alpha value is -0.870. The van der Waals surface area contributed by atoms with Crippen LogP contribution in [0.15, 0.2) is 11.2 Å². The van der Waals surface area contributed by atoms with E-state index in [0.717, 1.165) is 44.2 Å². The molecule has 1 aromatic rings. The summed E-state index contributed by atoms with van der Waals surface area (Å²) in [4.78, 5) is 6.48. The van der Waals surface area contributed by atoms with E-state index in [-0.39, 0.29) is 30.1 Å². The van der Waals surface area contributed by atoms with Gasteiger partial charge in [0, 0.05) is 52.6 Å². The van der Waals surface area contributed by atoms with Crippen molar-refractivity contribution in [1.29, 1.82) is 0 Å². The van der Waals surface area contributed by atoms with Gasteiger partial charge in [-0.05, 0) is 18.8 Å². The van der Waals surface area contributed by atoms with Crippen LogP contribution in [0.3, 0.4) is 0 Å². The summed E-state index contributed by atoms with van der Waals surface area (Å²) in [5.74, 6) is 1.27. The van der Waals surface area contributed by atoms with Gasteiger partial charge in [0.25, 0.3) is 0 Å². The average Bonchev–Trinajstić information content (AvgIpc) is 3.20. The van der Waals surface area contributed by atoms with E-state index in [4.69, 9.17) is 9.47 Å². The van der Waals surface area contributed by atoms with E-state index in [0.29, 0.717) is 19.1 Å². The van der Waals surface area contributed by atoms with Crippen molar-refractivity contribution >= 4 is 29.9 Å². The molecule has 0 spiro atoms. The molecule has 1 aliphatic rings. The van der Waals surface area contributed by atoms with Crippen molar-refractivity contribution in [3.63, 3.8) is 0 Å². The van der Waals surface area contributed by atoms with Crippen LogP contribution in [0.2, 0.25) is 0 Å². The number of nitrogens with zero attached hydrogens (tertiary/aromatic N) is 4. The number of ether oxygens (including phenoxy) is 2. The van der Waals surface area contributed by atoms with Gasteiger partial charge in [0.1, 0.15) is 0 Å². The third-order valence-electron chi connectivity index (χ3n) is 4.32. The molecule has 1 atom stereocenters. The minimum Gasteiger partial charge on any atom is -0.377 e. The van der Waals surface area contributed by atoms with Crippen molar-refractivity contribution in [3.8, 4) is 0 Å². The molecule has 0 aliphatic carbocycles. The van der Waals surface area contributed by atoms with Gasteiger partial charge in [-0.1, -0.05) is 13.8 Å². The minimum atomic E-state index is 0. The molecule has 0 radical (unpaired) electrons. The van der Waals surface area contributed by atoms with Crippen molar-refractivity contribution < 1.29 is 9.47 Å². The zero-order valence-electron chi connectivity index (χ0n) is 16.7. The normalized spacial score (nSPS) is 17.5. The zero-order chi connectivity index (χ0) is 18.2. The minimum absolute atomic E-state index is 0. The summed E-state index contributed by atoms with van der Waals surface area (Å²) >= 11 is 0. The molecule has 2 rings (SSSR count). The Balaban J connectivity index is 0.00000338. The van der Waals surface area contributed by atoms with Crippen molar-refractivity contribution in [2.24, 2.45) is 12.0 Å². The summed E-state index contributed by atoms with van der Waals surface area (Å²) in [6, 6.07) is 0. The van der Waals surface area contributed by atoms with Crippen molar-refractivity contribution in [2.75, 3.05) is 40.5 Å². The van der Waals surface area contributed by atoms with Crippen LogP contribution in [-0.4, -0.2) is 67.2 Å². The van der Waals surface area contributed by atoms with E-state index in [1.807, 2.05) is 18.8 Å². The molecule has 0 amide bonds. The summed E-state index contributed by atoms with van der Waals surface area (Å²) in [6.07, 6.45) is 4.63. The SMILES string of the molecule is CN=C(NCCOCC1CCCO1)N(C)Cc1cn(C)nc1C(C)C.I. The number of halogens is 1. The first-order chi connectivity index (χ1) is 12.0. The van der Waals surface area contributed by atoms with Gasteiger partial charge in [0.15, 0.2) is 5.96 Å². The summed E-state index contributed by atoms with van der Waals surface area (Å²) in [7, 11) is 5.81. The smallest absolute Gasteiger partial charge is 0.193 e. The Labute approximate surface area is 174 Å². The molecule has 8 heteroatoms. The van der Waals surface area contributed by atoms with E-state index in [2.05, 4.69) is 40.4 Å². The summed E-state index contributed by atoms with van der Waals surface area (Å²) < 4.78 is 13.1. The number of aliphatic imine (C=N–C) groups is 1. The number of nitrogens with one attached hydrogen (secondary N) is 1. The molecular weight excluding hydrogens is 445 g/mol. The average molecular weight is 479 g/mol. The maximum absolute atomic E-state index is 5.69. The fraction of sp³-hybridized carbons (Fsp3) is 0.778. The standard InChI is InChI=1S/C18H33N5O2.HI/c1-14(2)17-15(12-23(5)21-17)11-22(4)18(19-3)20-8-10-24-13-16-7-6-9-25-16;/h12,14,16H,6-11,13H2,1-5H3,(H,19,20);1H. The quantitative estimate of drug-likeness (QED) is 0.269. The zero-order valence-corrected chi connectivity index (χ0v) is 19.0. The monoisotopic (exact) mass is 479 g/mol. The maximum atomic E-state index is 5.69. The largest absolute Gasteiger partial charge is 0.377 e. The van der Waals surface area contributed by atoms with E-state index >= 15 is 0 Å². The Morgan fingerprint density at radius 2 is 2.31 bits per heavy atom. The molecule has 1 fully saturated rings. The molecule has 7 nitrogen and oxygen atoms in total. The predicted octanol–water partition coefficient (Wildman–Crippen LogP) is 2.36. The molecule has 150 valence electrons. The lowest BCUT2D eigenvalue weighted by Crippen LogP contribution is -2.40. The van der Waals surface area contributed by atoms with E-state index in [1.165, 1.54) is 5.56 Å². The number of guanidine groups is 1. The van der Waals surface area contributed by atoms with Gasteiger partial charge >= 0.3 is 0 Å². The first-order valence-electron chi connectivity index (χ1n) is 9.14. The van der Waals surface area contributed by atoms with Crippen LogP contribution in [-0.2, 0) is 23.1 Å². The highest BCUT2D eigenvalue weighted by molar-refractivity contribution is 14.0. The van der Waals surface area contributed by atoms with Gasteiger partial charge in [-0.3, -0.25) is 9.67 Å². The fourth-order valence-corrected chi connectivity index (χ4v) is 3.10. The van der Waals surface area contributed by atoms with Gasteiger partial charge in [-0.2, -0.15) is 5.10 Å². The molecule has 1 aromatic heterocycles. The fourth-order valence-electron chi connectivity index (χ4n) is 3.10. The molecular formula is C18H34IN5O2. The van der Waals surface area contributed by atoms with Crippen LogP contribution >= 0.6 is 24.0 Å². The van der Waals surface area contributed by atoms with Crippen LogP contribution in [0.1, 0.15) is 43.9 Å². The van der Waals surface area contributed by atoms with Crippen LogP contribution in [0.4, 0.5) is 0 Å². The number of hydrogen-bond acceptors (Lipinski definition) is 4. The number of aromatic nitrogens is 2. The van der Waals surface area contributed by atoms with Crippen molar-refractivity contribution in [2.45, 2.75) is 45.3 Å². The summed E-state index contributed by atoms with van der Waals surface area (Å²) in [6.45, 7) is 8.05. The van der Waals surface area contributed by atoms with E-state index in [1.54, 1.807) is 7.05 Å². The lowest BCUT2D eigenvalue weighted by atomic mass is 10.1. The topological polar surface area (TPSA) is 63.9 Å². The van der Waals surface area contributed by atoms with E-state index < -0.39 is 0 Å². The lowest BCUT2D eigenvalue weighted by molar-refractivity contribution is 0.0190. The molecule has 1 saturated heterocycles. The Kier molecular flexibility index (Phi) is 10.5. The second-order valence-corrected chi connectivity index (χ2v) is 6.91.